The quantitative estimate of drug-likeness (QED) is 0.0816. The zero-order chi connectivity index (χ0) is 49.8. The van der Waals surface area contributed by atoms with E-state index in [4.69, 9.17) is 4.98 Å². The maximum absolute atomic E-state index is 12.9. The van der Waals surface area contributed by atoms with Crippen LogP contribution in [0.1, 0.15) is 105 Å². The van der Waals surface area contributed by atoms with E-state index in [1.54, 1.807) is 0 Å². The molecule has 8 heterocycles. The van der Waals surface area contributed by atoms with Crippen molar-refractivity contribution in [3.63, 3.8) is 0 Å². The van der Waals surface area contributed by atoms with E-state index in [-0.39, 0.29) is 23.9 Å². The molecule has 1 amide bonds. The van der Waals surface area contributed by atoms with Gasteiger partial charge in [0, 0.05) is 192 Å². The predicted molar refractivity (Wildman–Crippen MR) is 268 cm³/mol. The number of aromatic nitrogens is 4. The number of nitrogens with zero attached hydrogens (tertiary/aromatic N) is 8. The molecule has 4 aromatic rings. The fraction of sp³-hybridized carbons (Fsp3) is 0.429. The van der Waals surface area contributed by atoms with Crippen LogP contribution >= 0.6 is 0 Å². The Balaban J connectivity index is 0.793. The highest BCUT2D eigenvalue weighted by Gasteiger charge is 2.55. The number of H-pyrrole nitrogens is 1. The summed E-state index contributed by atoms with van der Waals surface area (Å²) >= 11 is 0. The Morgan fingerprint density at radius 1 is 0.714 bits per heavy atom. The molecule has 0 bridgehead atoms. The second-order valence-electron chi connectivity index (χ2n) is 21.9. The van der Waals surface area contributed by atoms with Gasteiger partial charge in [0.1, 0.15) is 5.69 Å². The molecule has 14 nitrogen and oxygen atoms in total. The summed E-state index contributed by atoms with van der Waals surface area (Å²) < 4.78 is 6.54. The average Bonchev–Trinajstić information content (AvgIpc) is 3.32. The zero-order valence-corrected chi connectivity index (χ0v) is 42.1. The molecule has 0 unspecified atom stereocenters. The number of aliphatic imine (C=N–C) groups is 1. The highest BCUT2D eigenvalue weighted by Crippen LogP contribution is 2.36. The first-order chi connectivity index (χ1) is 33.2. The van der Waals surface area contributed by atoms with Gasteiger partial charge in [-0.05, 0) is 76.6 Å². The van der Waals surface area contributed by atoms with Gasteiger partial charge in [-0.2, -0.15) is 0 Å². The van der Waals surface area contributed by atoms with Gasteiger partial charge in [-0.25, -0.2) is 19.1 Å². The largest absolute Gasteiger partial charge is 0.862 e. The Morgan fingerprint density at radius 2 is 1.26 bits per heavy atom. The number of hydrogen-bond acceptors (Lipinski definition) is 8. The van der Waals surface area contributed by atoms with Gasteiger partial charge >= 0.3 is 0 Å². The summed E-state index contributed by atoms with van der Waals surface area (Å²) in [6.45, 7) is 18.0. The smallest absolute Gasteiger partial charge is 0.229 e. The van der Waals surface area contributed by atoms with Gasteiger partial charge in [0.25, 0.3) is 0 Å². The third kappa shape index (κ3) is 12.1. The molecule has 4 aliphatic rings. The number of pyridine rings is 4. The van der Waals surface area contributed by atoms with E-state index in [0.29, 0.717) is 64.7 Å². The highest BCUT2D eigenvalue weighted by atomic mass is 16.3. The summed E-state index contributed by atoms with van der Waals surface area (Å²) in [6, 6.07) is 16.7. The number of aryl methyl sites for hydroxylation is 1. The third-order valence-electron chi connectivity index (χ3n) is 14.0. The van der Waals surface area contributed by atoms with Crippen molar-refractivity contribution in [2.45, 2.75) is 148 Å². The van der Waals surface area contributed by atoms with Crippen LogP contribution in [0.25, 0.3) is 22.5 Å². The first-order valence-electron chi connectivity index (χ1n) is 24.6. The summed E-state index contributed by atoms with van der Waals surface area (Å²) in [7, 11) is 0. The van der Waals surface area contributed by atoms with E-state index in [2.05, 4.69) is 116 Å². The molecule has 2 fully saturated rings. The first-order valence-corrected chi connectivity index (χ1v) is 24.6. The zero-order valence-electron chi connectivity index (χ0n) is 42.1. The summed E-state index contributed by atoms with van der Waals surface area (Å²) in [5.41, 5.74) is 6.36. The topological polar surface area (TPSA) is 146 Å². The van der Waals surface area contributed by atoms with E-state index in [1.807, 2.05) is 108 Å². The van der Waals surface area contributed by atoms with Crippen LogP contribution in [0.15, 0.2) is 151 Å². The van der Waals surface area contributed by atoms with Crippen molar-refractivity contribution in [2.75, 3.05) is 6.54 Å². The lowest BCUT2D eigenvalue weighted by Gasteiger charge is -2.36. The average molecular weight is 947 g/mol. The van der Waals surface area contributed by atoms with Crippen molar-refractivity contribution in [2.24, 2.45) is 4.99 Å². The molecule has 14 heteroatoms. The summed E-state index contributed by atoms with van der Waals surface area (Å²) in [6.07, 6.45) is 31.7. The molecule has 0 spiro atoms. The van der Waals surface area contributed by atoms with Gasteiger partial charge in [-0.1, -0.05) is 0 Å². The number of carbonyl (C=O) groups is 1. The lowest BCUT2D eigenvalue weighted by atomic mass is 9.79. The number of carbonyl (C=O) groups excluding carboxylic acids is 1. The Morgan fingerprint density at radius 3 is 1.84 bits per heavy atom. The number of amides is 1. The molecule has 0 radical (unpaired) electrons. The molecule has 4 aromatic heterocycles. The van der Waals surface area contributed by atoms with Crippen LogP contribution in [0.3, 0.4) is 0 Å². The van der Waals surface area contributed by atoms with E-state index in [0.717, 1.165) is 44.8 Å². The summed E-state index contributed by atoms with van der Waals surface area (Å²) in [4.78, 5) is 55.1. The fourth-order valence-electron chi connectivity index (χ4n) is 10.7. The van der Waals surface area contributed by atoms with Gasteiger partial charge < -0.3 is 25.2 Å². The van der Waals surface area contributed by atoms with Crippen molar-refractivity contribution in [1.82, 2.24) is 20.1 Å². The molecular formula is C56H70N10O4+4. The number of aromatic amines is 1. The molecule has 2 N–H and O–H groups in total. The number of rotatable bonds is 14. The summed E-state index contributed by atoms with van der Waals surface area (Å²) in [5.74, 6) is -0.112. The van der Waals surface area contributed by atoms with Crippen LogP contribution in [0, 0.1) is 9.81 Å². The molecule has 4 aliphatic heterocycles. The van der Waals surface area contributed by atoms with E-state index in [9.17, 15) is 19.7 Å². The van der Waals surface area contributed by atoms with Gasteiger partial charge in [0.2, 0.25) is 33.8 Å². The van der Waals surface area contributed by atoms with Crippen LogP contribution in [0.4, 0.5) is 0 Å². The number of nitroso groups, excluding NO2 is 2. The molecule has 0 aromatic carbocycles. The maximum atomic E-state index is 12.9. The number of nitrogens with one attached hydrogen (secondary N) is 2. The van der Waals surface area contributed by atoms with Crippen molar-refractivity contribution >= 4 is 11.8 Å². The molecule has 2 saturated heterocycles. The third-order valence-corrected chi connectivity index (χ3v) is 14.0. The Bertz CT molecular complexity index is 2730. The van der Waals surface area contributed by atoms with Crippen molar-refractivity contribution in [1.29, 1.82) is 0 Å². The van der Waals surface area contributed by atoms with Gasteiger partial charge in [0.05, 0.1) is 12.5 Å². The Labute approximate surface area is 412 Å². The molecule has 0 aliphatic carbocycles. The second kappa shape index (κ2) is 20.2. The van der Waals surface area contributed by atoms with Crippen molar-refractivity contribution in [3.8, 4) is 22.5 Å². The molecule has 70 heavy (non-hydrogen) atoms. The second-order valence-corrected chi connectivity index (χ2v) is 21.9. The fourth-order valence-corrected chi connectivity index (χ4v) is 10.7. The number of piperidine rings is 2. The van der Waals surface area contributed by atoms with E-state index < -0.39 is 22.2 Å². The normalized spacial score (nSPS) is 19.8. The predicted octanol–water partition coefficient (Wildman–Crippen LogP) is 6.99. The molecule has 0 atom stereocenters. The Hall–Kier alpha value is -6.96. The van der Waals surface area contributed by atoms with Crippen molar-refractivity contribution in [3.05, 3.63) is 167 Å². The van der Waals surface area contributed by atoms with Crippen LogP contribution in [0.2, 0.25) is 0 Å². The number of hydrogen-bond donors (Lipinski definition) is 1. The number of allylic oxidation sites excluding steroid dienone is 6. The molecular weight excluding hydrogens is 877 g/mol. The SMILES string of the molecule is CC1(C)CC(N=C([O-])CCN2C=CC(=C3C=CN(Cc4cc[nH+]c(-c5cc(C[n+]6ccc(-c7cc[n+](CCC(=O)NC8CC(C)(C)[N+](=O)C(C)(C)C8)cc7)cc6)ccn5)c4)C=C3)C=C2)CC(C)(C)[N+]1=O. The monoisotopic (exact) mass is 947 g/mol. The molecule has 8 rings (SSSR count). The minimum absolute atomic E-state index is 0.00624. The highest BCUT2D eigenvalue weighted by molar-refractivity contribution is 5.76. The maximum Gasteiger partial charge on any atom is 0.229 e. The lowest BCUT2D eigenvalue weighted by Crippen LogP contribution is -2.59. The van der Waals surface area contributed by atoms with E-state index >= 15 is 0 Å². The van der Waals surface area contributed by atoms with Crippen molar-refractivity contribution < 1.29 is 33.5 Å². The lowest BCUT2D eigenvalue weighted by molar-refractivity contribution is -0.695. The first kappa shape index (κ1) is 49.5. The van der Waals surface area contributed by atoms with Crippen LogP contribution in [0.5, 0.6) is 0 Å². The van der Waals surface area contributed by atoms with Crippen LogP contribution in [-0.4, -0.2) is 76.9 Å². The molecule has 364 valence electrons. The van der Waals surface area contributed by atoms with Crippen LogP contribution in [-0.2, 0) is 24.4 Å². The summed E-state index contributed by atoms with van der Waals surface area (Å²) in [5, 5.41) is 16.0. The molecule has 0 saturated carbocycles. The minimum atomic E-state index is -0.550. The van der Waals surface area contributed by atoms with Gasteiger partial charge in [-0.3, -0.25) is 4.79 Å². The standard InChI is InChI=1S/C56H68N10O4/c1-53(2)35-47(36-54(3,4)65(53)69)59-51(67)19-31-61-23-11-43(12-24-61)45-15-27-63(28-16-45)39-41-9-21-57-49(33-41)50-34-42(10-22-58-50)40-64-29-17-46(18-30-64)44-13-25-62(26-14-44)32-20-52(68)60-48-37-55(5,6)66(70)56(7,8)38-48/h9-18,21-30,33-34,47-48H,19-20,31-32,35-40H2,1-8H3/q+2/p+2. The Kier molecular flexibility index (Phi) is 14.3. The van der Waals surface area contributed by atoms with Gasteiger partial charge in [0.15, 0.2) is 44.1 Å². The van der Waals surface area contributed by atoms with Crippen LogP contribution < -0.4 is 24.5 Å². The van der Waals surface area contributed by atoms with Gasteiger partial charge in [-0.15, -0.1) is 0 Å². The van der Waals surface area contributed by atoms with E-state index in [1.165, 1.54) is 9.52 Å². The minimum Gasteiger partial charge on any atom is -0.862 e.